The molecule has 0 spiro atoms. The van der Waals surface area contributed by atoms with E-state index < -0.39 is 0 Å². The number of carbonyl (C=O) groups is 2. The number of quaternary nitrogens is 2. The van der Waals surface area contributed by atoms with Crippen molar-refractivity contribution >= 4 is 11.9 Å². The molecule has 0 aromatic heterocycles. The van der Waals surface area contributed by atoms with Crippen molar-refractivity contribution in [3.8, 4) is 0 Å². The van der Waals surface area contributed by atoms with Crippen molar-refractivity contribution < 1.29 is 52.8 Å². The van der Waals surface area contributed by atoms with Crippen molar-refractivity contribution in [3.63, 3.8) is 0 Å². The van der Waals surface area contributed by atoms with Crippen molar-refractivity contribution in [1.29, 1.82) is 0 Å². The molecule has 6 nitrogen and oxygen atoms in total. The van der Waals surface area contributed by atoms with Crippen molar-refractivity contribution in [2.24, 2.45) is 0 Å². The average molecular weight is 712 g/mol. The quantitative estimate of drug-likeness (QED) is 0.0576. The third-order valence-corrected chi connectivity index (χ3v) is 9.16. The van der Waals surface area contributed by atoms with E-state index in [9.17, 15) is 9.59 Å². The summed E-state index contributed by atoms with van der Waals surface area (Å²) in [6.45, 7) is 7.94. The van der Waals surface area contributed by atoms with Gasteiger partial charge in [0.15, 0.2) is 13.1 Å². The van der Waals surface area contributed by atoms with E-state index in [4.69, 9.17) is 9.47 Å². The molecule has 0 bridgehead atoms. The van der Waals surface area contributed by atoms with Gasteiger partial charge < -0.3 is 43.3 Å². The largest absolute Gasteiger partial charge is 1.00 e. The molecular formula is C39H80Cl2N2O4. The van der Waals surface area contributed by atoms with Gasteiger partial charge in [-0.15, -0.1) is 0 Å². The highest BCUT2D eigenvalue weighted by molar-refractivity contribution is 5.71. The average Bonchev–Trinajstić information content (AvgIpc) is 2.97. The Morgan fingerprint density at radius 1 is 0.383 bits per heavy atom. The molecule has 0 rings (SSSR count). The van der Waals surface area contributed by atoms with Gasteiger partial charge in [0, 0.05) is 6.42 Å². The summed E-state index contributed by atoms with van der Waals surface area (Å²) in [6.07, 6.45) is 32.8. The molecule has 0 N–H and O–H groups in total. The van der Waals surface area contributed by atoms with Gasteiger partial charge in [0.05, 0.1) is 54.5 Å². The van der Waals surface area contributed by atoms with Gasteiger partial charge in [-0.25, -0.2) is 9.59 Å². The lowest BCUT2D eigenvalue weighted by Crippen LogP contribution is -3.00. The third kappa shape index (κ3) is 38.1. The SMILES string of the molecule is CCCCCCCCCCCCCC[N+](C)(C)CC(=O)OCCCOC(=O)C[N+](C)(C)CCCCCCCCCCCCCC.[Cl-].[Cl-]. The lowest BCUT2D eigenvalue weighted by Gasteiger charge is -2.28. The van der Waals surface area contributed by atoms with Crippen LogP contribution in [0.3, 0.4) is 0 Å². The van der Waals surface area contributed by atoms with Crippen LogP contribution in [0.2, 0.25) is 0 Å². The second kappa shape index (κ2) is 35.3. The van der Waals surface area contributed by atoms with E-state index in [0.29, 0.717) is 41.7 Å². The Labute approximate surface area is 305 Å². The van der Waals surface area contributed by atoms with Gasteiger partial charge in [-0.3, -0.25) is 0 Å². The number of unbranched alkanes of at least 4 members (excludes halogenated alkanes) is 22. The Morgan fingerprint density at radius 2 is 0.617 bits per heavy atom. The first-order valence-corrected chi connectivity index (χ1v) is 19.6. The van der Waals surface area contributed by atoms with E-state index in [1.807, 2.05) is 0 Å². The molecule has 0 unspecified atom stereocenters. The molecule has 0 aliphatic heterocycles. The van der Waals surface area contributed by atoms with E-state index in [-0.39, 0.29) is 36.8 Å². The van der Waals surface area contributed by atoms with Gasteiger partial charge in [-0.2, -0.15) is 0 Å². The number of esters is 2. The fraction of sp³-hybridized carbons (Fsp3) is 0.949. The minimum absolute atomic E-state index is 0. The molecule has 0 aromatic carbocycles. The molecule has 284 valence electrons. The first kappa shape index (κ1) is 50.8. The van der Waals surface area contributed by atoms with Gasteiger partial charge in [0.25, 0.3) is 0 Å². The Hall–Kier alpha value is -0.560. The van der Waals surface area contributed by atoms with Crippen LogP contribution in [0.5, 0.6) is 0 Å². The molecule has 8 heteroatoms. The summed E-state index contributed by atoms with van der Waals surface area (Å²) < 4.78 is 12.2. The number of likely N-dealkylation sites (N-methyl/N-ethyl adjacent to an activating group) is 2. The number of ether oxygens (including phenoxy) is 2. The lowest BCUT2D eigenvalue weighted by atomic mass is 10.1. The topological polar surface area (TPSA) is 52.6 Å². The third-order valence-electron chi connectivity index (χ3n) is 9.16. The summed E-state index contributed by atoms with van der Waals surface area (Å²) in [6, 6.07) is 0. The zero-order valence-electron chi connectivity index (χ0n) is 32.2. The van der Waals surface area contributed by atoms with E-state index in [0.717, 1.165) is 25.9 Å². The minimum Gasteiger partial charge on any atom is -1.00 e. The lowest BCUT2D eigenvalue weighted by molar-refractivity contribution is -0.883. The summed E-state index contributed by atoms with van der Waals surface area (Å²) in [4.78, 5) is 24.7. The molecule has 0 amide bonds. The van der Waals surface area contributed by atoms with Crippen LogP contribution in [0.25, 0.3) is 0 Å². The second-order valence-corrected chi connectivity index (χ2v) is 15.2. The minimum atomic E-state index is -0.162. The predicted molar refractivity (Wildman–Crippen MR) is 192 cm³/mol. The summed E-state index contributed by atoms with van der Waals surface area (Å²) in [5, 5.41) is 0. The zero-order chi connectivity index (χ0) is 33.5. The first-order valence-electron chi connectivity index (χ1n) is 19.6. The van der Waals surface area contributed by atoms with Gasteiger partial charge in [0.1, 0.15) is 0 Å². The molecule has 0 saturated carbocycles. The maximum absolute atomic E-state index is 12.4. The van der Waals surface area contributed by atoms with Gasteiger partial charge in [-0.05, 0) is 25.7 Å². The van der Waals surface area contributed by atoms with Crippen LogP contribution in [-0.4, -0.2) is 88.5 Å². The number of rotatable bonds is 34. The van der Waals surface area contributed by atoms with E-state index in [1.54, 1.807) is 0 Å². The molecular weight excluding hydrogens is 631 g/mol. The van der Waals surface area contributed by atoms with Crippen molar-refractivity contribution in [2.45, 2.75) is 174 Å². The Bertz CT molecular complexity index is 636. The Balaban J connectivity index is -0.00000968. The van der Waals surface area contributed by atoms with Crippen LogP contribution >= 0.6 is 0 Å². The Kier molecular flexibility index (Phi) is 38.1. The maximum atomic E-state index is 12.4. The summed E-state index contributed by atoms with van der Waals surface area (Å²) in [7, 11) is 8.44. The molecule has 0 saturated heterocycles. The number of nitrogens with zero attached hydrogens (tertiary/aromatic N) is 2. The summed E-state index contributed by atoms with van der Waals surface area (Å²) in [5.41, 5.74) is 0. The van der Waals surface area contributed by atoms with E-state index in [2.05, 4.69) is 42.0 Å². The fourth-order valence-corrected chi connectivity index (χ4v) is 6.14. The zero-order valence-corrected chi connectivity index (χ0v) is 33.7. The molecule has 0 atom stereocenters. The van der Waals surface area contributed by atoms with Gasteiger partial charge >= 0.3 is 11.9 Å². The van der Waals surface area contributed by atoms with Crippen LogP contribution < -0.4 is 24.8 Å². The summed E-state index contributed by atoms with van der Waals surface area (Å²) in [5.74, 6) is -0.323. The van der Waals surface area contributed by atoms with E-state index >= 15 is 0 Å². The molecule has 0 aromatic rings. The van der Waals surface area contributed by atoms with Crippen LogP contribution in [0.4, 0.5) is 0 Å². The molecule has 0 fully saturated rings. The standard InChI is InChI=1S/C39H80N2O4.2ClH/c1-7-9-11-13-15-17-19-21-23-25-27-29-32-40(3,4)36-38(42)44-34-31-35-45-39(43)37-41(5,6)33-30-28-26-24-22-20-18-16-14-12-10-8-2;;/h7-37H2,1-6H3;2*1H/q+2;;/p-2. The summed E-state index contributed by atoms with van der Waals surface area (Å²) >= 11 is 0. The van der Waals surface area contributed by atoms with Crippen molar-refractivity contribution in [3.05, 3.63) is 0 Å². The van der Waals surface area contributed by atoms with Gasteiger partial charge in [0.2, 0.25) is 0 Å². The molecule has 0 aliphatic carbocycles. The number of carbonyl (C=O) groups excluding carboxylic acids is 2. The number of hydrogen-bond acceptors (Lipinski definition) is 4. The van der Waals surface area contributed by atoms with Crippen LogP contribution in [0, 0.1) is 0 Å². The van der Waals surface area contributed by atoms with Crippen molar-refractivity contribution in [2.75, 3.05) is 67.6 Å². The van der Waals surface area contributed by atoms with Crippen LogP contribution in [0.15, 0.2) is 0 Å². The highest BCUT2D eigenvalue weighted by Crippen LogP contribution is 2.14. The monoisotopic (exact) mass is 711 g/mol. The number of hydrogen-bond donors (Lipinski definition) is 0. The van der Waals surface area contributed by atoms with Crippen molar-refractivity contribution in [1.82, 2.24) is 0 Å². The molecule has 0 radical (unpaired) electrons. The van der Waals surface area contributed by atoms with Crippen LogP contribution in [-0.2, 0) is 19.1 Å². The predicted octanol–water partition coefficient (Wildman–Crippen LogP) is 4.03. The van der Waals surface area contributed by atoms with Gasteiger partial charge in [-0.1, -0.05) is 142 Å². The van der Waals surface area contributed by atoms with E-state index in [1.165, 1.54) is 141 Å². The molecule has 0 aliphatic rings. The molecule has 47 heavy (non-hydrogen) atoms. The number of halogens is 2. The highest BCUT2D eigenvalue weighted by atomic mass is 35.5. The fourth-order valence-electron chi connectivity index (χ4n) is 6.14. The Morgan fingerprint density at radius 3 is 0.872 bits per heavy atom. The molecule has 0 heterocycles. The smallest absolute Gasteiger partial charge is 0.361 e. The first-order chi connectivity index (χ1) is 21.6. The second-order valence-electron chi connectivity index (χ2n) is 15.2. The normalized spacial score (nSPS) is 11.5. The highest BCUT2D eigenvalue weighted by Gasteiger charge is 2.22. The maximum Gasteiger partial charge on any atom is 0.361 e. The van der Waals surface area contributed by atoms with Crippen LogP contribution in [0.1, 0.15) is 174 Å².